The first kappa shape index (κ1) is 15.8. The summed E-state index contributed by atoms with van der Waals surface area (Å²) >= 11 is 1.33. The lowest BCUT2D eigenvalue weighted by atomic mass is 9.76. The van der Waals surface area contributed by atoms with E-state index in [9.17, 15) is 9.90 Å². The fourth-order valence-electron chi connectivity index (χ4n) is 4.07. The summed E-state index contributed by atoms with van der Waals surface area (Å²) in [5.74, 6) is 0.0860. The highest BCUT2D eigenvalue weighted by Crippen LogP contribution is 2.41. The zero-order valence-corrected chi connectivity index (χ0v) is 14.5. The number of rotatable bonds is 2. The molecule has 24 heavy (non-hydrogen) atoms. The van der Waals surface area contributed by atoms with Gasteiger partial charge in [-0.05, 0) is 43.2 Å². The quantitative estimate of drug-likeness (QED) is 0.896. The van der Waals surface area contributed by atoms with E-state index in [4.69, 9.17) is 4.74 Å². The number of aromatic carboxylic acids is 1. The van der Waals surface area contributed by atoms with Crippen molar-refractivity contribution in [2.45, 2.75) is 32.1 Å². The molecule has 1 spiro atoms. The first-order valence-electron chi connectivity index (χ1n) is 8.61. The molecule has 0 unspecified atom stereocenters. The van der Waals surface area contributed by atoms with E-state index in [-0.39, 0.29) is 0 Å². The Morgan fingerprint density at radius 2 is 2.12 bits per heavy atom. The van der Waals surface area contributed by atoms with Crippen molar-refractivity contribution in [3.8, 4) is 0 Å². The van der Waals surface area contributed by atoms with E-state index in [1.54, 1.807) is 12.3 Å². The molecule has 0 amide bonds. The predicted octanol–water partition coefficient (Wildman–Crippen LogP) is 3.78. The molecule has 0 atom stereocenters. The van der Waals surface area contributed by atoms with E-state index in [2.05, 4.69) is 9.88 Å². The second kappa shape index (κ2) is 6.33. The fraction of sp³-hybridized carbons (Fsp3) is 0.556. The zero-order chi connectivity index (χ0) is 16.6. The normalized spacial score (nSPS) is 21.1. The molecule has 0 saturated carbocycles. The van der Waals surface area contributed by atoms with Crippen LogP contribution in [0.25, 0.3) is 10.1 Å². The van der Waals surface area contributed by atoms with Crippen LogP contribution in [0.2, 0.25) is 0 Å². The van der Waals surface area contributed by atoms with Crippen LogP contribution in [0.5, 0.6) is 0 Å². The topological polar surface area (TPSA) is 62.7 Å². The van der Waals surface area contributed by atoms with E-state index in [0.29, 0.717) is 10.3 Å². The number of thiophene rings is 1. The molecule has 2 aromatic rings. The number of pyridine rings is 1. The lowest BCUT2D eigenvalue weighted by Gasteiger charge is -2.39. The molecule has 1 N–H and O–H groups in total. The van der Waals surface area contributed by atoms with Gasteiger partial charge in [-0.1, -0.05) is 6.42 Å². The third-order valence-corrected chi connectivity index (χ3v) is 6.49. The highest BCUT2D eigenvalue weighted by molar-refractivity contribution is 7.20. The minimum atomic E-state index is -0.862. The van der Waals surface area contributed by atoms with Crippen molar-refractivity contribution >= 4 is 33.2 Å². The van der Waals surface area contributed by atoms with Crippen molar-refractivity contribution in [3.05, 3.63) is 23.2 Å². The van der Waals surface area contributed by atoms with Crippen molar-refractivity contribution in [3.63, 3.8) is 0 Å². The molecule has 2 saturated heterocycles. The second-order valence-electron chi connectivity index (χ2n) is 6.95. The molecular weight excluding hydrogens is 324 g/mol. The maximum atomic E-state index is 11.3. The summed E-state index contributed by atoms with van der Waals surface area (Å²) in [6.45, 7) is 3.70. The van der Waals surface area contributed by atoms with Crippen LogP contribution in [-0.2, 0) is 4.74 Å². The highest BCUT2D eigenvalue weighted by Gasteiger charge is 2.36. The molecule has 2 aromatic heterocycles. The first-order chi connectivity index (χ1) is 11.7. The molecule has 4 rings (SSSR count). The van der Waals surface area contributed by atoms with Crippen LogP contribution in [-0.4, -0.2) is 42.4 Å². The molecule has 2 aliphatic rings. The van der Waals surface area contributed by atoms with Gasteiger partial charge in [0.15, 0.2) is 0 Å². The molecule has 0 radical (unpaired) electrons. The first-order valence-corrected chi connectivity index (χ1v) is 9.43. The number of hydrogen-bond donors (Lipinski definition) is 1. The van der Waals surface area contributed by atoms with Gasteiger partial charge in [-0.3, -0.25) is 0 Å². The molecule has 0 aliphatic carbocycles. The maximum Gasteiger partial charge on any atom is 0.345 e. The number of ether oxygens (including phenoxy) is 1. The van der Waals surface area contributed by atoms with Crippen molar-refractivity contribution in [2.75, 3.05) is 31.2 Å². The van der Waals surface area contributed by atoms with Crippen molar-refractivity contribution in [1.82, 2.24) is 4.98 Å². The molecule has 5 nitrogen and oxygen atoms in total. The minimum absolute atomic E-state index is 0.324. The summed E-state index contributed by atoms with van der Waals surface area (Å²) < 4.78 is 6.58. The van der Waals surface area contributed by atoms with Crippen LogP contribution < -0.4 is 4.90 Å². The molecule has 2 fully saturated rings. The summed E-state index contributed by atoms with van der Waals surface area (Å²) in [4.78, 5) is 18.7. The van der Waals surface area contributed by atoms with Crippen molar-refractivity contribution < 1.29 is 14.6 Å². The zero-order valence-electron chi connectivity index (χ0n) is 13.7. The van der Waals surface area contributed by atoms with Gasteiger partial charge < -0.3 is 14.7 Å². The van der Waals surface area contributed by atoms with Crippen LogP contribution in [0.1, 0.15) is 41.8 Å². The third-order valence-electron chi connectivity index (χ3n) is 5.40. The van der Waals surface area contributed by atoms with Crippen LogP contribution in [0.15, 0.2) is 18.3 Å². The largest absolute Gasteiger partial charge is 0.477 e. The Morgan fingerprint density at radius 3 is 2.92 bits per heavy atom. The summed E-state index contributed by atoms with van der Waals surface area (Å²) in [5, 5.41) is 10.3. The van der Waals surface area contributed by atoms with Gasteiger partial charge in [0.2, 0.25) is 0 Å². The van der Waals surface area contributed by atoms with Crippen LogP contribution in [0.4, 0.5) is 5.82 Å². The Kier molecular flexibility index (Phi) is 4.18. The smallest absolute Gasteiger partial charge is 0.345 e. The Labute approximate surface area is 145 Å². The standard InChI is InChI=1S/C18H22N2O3S/c21-17(22)15-11-13-14(24-15)3-7-19-16(13)20-8-2-1-4-18(12-20)5-9-23-10-6-18/h3,7,11H,1-2,4-6,8-10,12H2,(H,21,22). The number of carboxylic acid groups (broad SMARTS) is 1. The SMILES string of the molecule is O=C(O)c1cc2c(N3CCCCC4(CCOCC4)C3)nccc2s1. The fourth-order valence-corrected chi connectivity index (χ4v) is 4.96. The highest BCUT2D eigenvalue weighted by atomic mass is 32.1. The third kappa shape index (κ3) is 2.89. The van der Waals surface area contributed by atoms with Crippen LogP contribution >= 0.6 is 11.3 Å². The Hall–Kier alpha value is -1.66. The lowest BCUT2D eigenvalue weighted by molar-refractivity contribution is 0.0153. The average Bonchev–Trinajstić information content (AvgIpc) is 2.94. The number of carboxylic acids is 1. The number of anilines is 1. The van der Waals surface area contributed by atoms with Gasteiger partial charge in [-0.2, -0.15) is 0 Å². The van der Waals surface area contributed by atoms with Crippen molar-refractivity contribution in [1.29, 1.82) is 0 Å². The van der Waals surface area contributed by atoms with Crippen LogP contribution in [0.3, 0.4) is 0 Å². The summed E-state index contributed by atoms with van der Waals surface area (Å²) in [6, 6.07) is 3.70. The van der Waals surface area contributed by atoms with E-state index < -0.39 is 5.97 Å². The Morgan fingerprint density at radius 1 is 1.29 bits per heavy atom. The van der Waals surface area contributed by atoms with Gasteiger partial charge in [0.05, 0.1) is 0 Å². The summed E-state index contributed by atoms with van der Waals surface area (Å²) in [7, 11) is 0. The van der Waals surface area contributed by atoms with E-state index in [0.717, 1.165) is 61.5 Å². The predicted molar refractivity (Wildman–Crippen MR) is 95.1 cm³/mol. The van der Waals surface area contributed by atoms with Gasteiger partial charge in [-0.25, -0.2) is 9.78 Å². The molecule has 0 bridgehead atoms. The monoisotopic (exact) mass is 346 g/mol. The van der Waals surface area contributed by atoms with E-state index >= 15 is 0 Å². The number of carbonyl (C=O) groups is 1. The van der Waals surface area contributed by atoms with Gasteiger partial charge in [0.25, 0.3) is 0 Å². The summed E-state index contributed by atoms with van der Waals surface area (Å²) in [5.41, 5.74) is 0.324. The van der Waals surface area contributed by atoms with Gasteiger partial charge in [0, 0.05) is 42.6 Å². The van der Waals surface area contributed by atoms with Gasteiger partial charge in [0.1, 0.15) is 10.7 Å². The molecule has 6 heteroatoms. The molecule has 4 heterocycles. The number of hydrogen-bond acceptors (Lipinski definition) is 5. The summed E-state index contributed by atoms with van der Waals surface area (Å²) in [6.07, 6.45) is 7.70. The van der Waals surface area contributed by atoms with Crippen molar-refractivity contribution in [2.24, 2.45) is 5.41 Å². The van der Waals surface area contributed by atoms with Gasteiger partial charge >= 0.3 is 5.97 Å². The number of aromatic nitrogens is 1. The number of fused-ring (bicyclic) bond motifs is 1. The van der Waals surface area contributed by atoms with E-state index in [1.165, 1.54) is 24.2 Å². The van der Waals surface area contributed by atoms with E-state index in [1.807, 2.05) is 6.07 Å². The molecule has 2 aliphatic heterocycles. The number of nitrogens with zero attached hydrogens (tertiary/aromatic N) is 2. The maximum absolute atomic E-state index is 11.3. The Balaban J connectivity index is 1.71. The lowest BCUT2D eigenvalue weighted by Crippen LogP contribution is -2.40. The molecule has 0 aromatic carbocycles. The second-order valence-corrected chi connectivity index (χ2v) is 8.04. The van der Waals surface area contributed by atoms with Gasteiger partial charge in [-0.15, -0.1) is 11.3 Å². The molecular formula is C18H22N2O3S. The van der Waals surface area contributed by atoms with Crippen LogP contribution in [0, 0.1) is 5.41 Å². The molecule has 128 valence electrons. The average molecular weight is 346 g/mol. The minimum Gasteiger partial charge on any atom is -0.477 e. The Bertz CT molecular complexity index is 752.